The summed E-state index contributed by atoms with van der Waals surface area (Å²) in [5.74, 6) is 0. The van der Waals surface area contributed by atoms with Gasteiger partial charge in [-0.25, -0.2) is 0 Å². The summed E-state index contributed by atoms with van der Waals surface area (Å²) in [5, 5.41) is 13.3. The highest BCUT2D eigenvalue weighted by atomic mass is 32.1. The average Bonchev–Trinajstić information content (AvgIpc) is 3.27. The van der Waals surface area contributed by atoms with E-state index >= 15 is 0 Å². The van der Waals surface area contributed by atoms with E-state index in [0.717, 1.165) is 28.7 Å². The number of alkyl halides is 3. The molecule has 3 heterocycles. The molecule has 0 aliphatic carbocycles. The SMILES string of the molecule is Cc1cc([C@@H]2[C@H](c3ccccn3)NC(=S)N2CCCO)c(C)n1-c1cccc(C(F)(F)F)c1. The molecular weight excluding hydrogens is 449 g/mol. The van der Waals surface area contributed by atoms with E-state index in [0.29, 0.717) is 23.8 Å². The molecule has 2 N–H and O–H groups in total. The number of nitrogens with one attached hydrogen (secondary N) is 1. The van der Waals surface area contributed by atoms with Crippen LogP contribution in [0.25, 0.3) is 5.69 Å². The minimum absolute atomic E-state index is 0.0311. The van der Waals surface area contributed by atoms with Crippen LogP contribution < -0.4 is 5.32 Å². The van der Waals surface area contributed by atoms with Crippen LogP contribution in [-0.2, 0) is 6.18 Å². The molecule has 1 saturated heterocycles. The van der Waals surface area contributed by atoms with E-state index in [1.54, 1.807) is 12.3 Å². The molecule has 0 unspecified atom stereocenters. The first-order chi connectivity index (χ1) is 15.7. The molecule has 0 bridgehead atoms. The van der Waals surface area contributed by atoms with Crippen molar-refractivity contribution in [3.63, 3.8) is 0 Å². The maximum absolute atomic E-state index is 13.3. The predicted octanol–water partition coefficient (Wildman–Crippen LogP) is 4.86. The Morgan fingerprint density at radius 1 is 1.12 bits per heavy atom. The largest absolute Gasteiger partial charge is 0.416 e. The predicted molar refractivity (Wildman–Crippen MR) is 124 cm³/mol. The fourth-order valence-corrected chi connectivity index (χ4v) is 4.86. The lowest BCUT2D eigenvalue weighted by atomic mass is 9.96. The minimum Gasteiger partial charge on any atom is -0.396 e. The molecular formula is C24H25F3N4OS. The second kappa shape index (κ2) is 9.15. The van der Waals surface area contributed by atoms with Crippen molar-refractivity contribution in [1.82, 2.24) is 19.8 Å². The van der Waals surface area contributed by atoms with Crippen molar-refractivity contribution in [2.24, 2.45) is 0 Å². The maximum atomic E-state index is 13.3. The fraction of sp³-hybridized carbons (Fsp3) is 0.333. The molecule has 1 aliphatic heterocycles. The van der Waals surface area contributed by atoms with Gasteiger partial charge in [-0.3, -0.25) is 4.98 Å². The van der Waals surface area contributed by atoms with Crippen LogP contribution in [0.4, 0.5) is 13.2 Å². The van der Waals surface area contributed by atoms with E-state index in [4.69, 9.17) is 12.2 Å². The summed E-state index contributed by atoms with van der Waals surface area (Å²) in [6, 6.07) is 12.6. The Hall–Kier alpha value is -2.91. The molecule has 2 atom stereocenters. The molecule has 174 valence electrons. The lowest BCUT2D eigenvalue weighted by molar-refractivity contribution is -0.137. The molecule has 5 nitrogen and oxygen atoms in total. The number of hydrogen-bond donors (Lipinski definition) is 2. The van der Waals surface area contributed by atoms with Crippen molar-refractivity contribution in [1.29, 1.82) is 0 Å². The summed E-state index contributed by atoms with van der Waals surface area (Å²) in [5.41, 5.74) is 3.19. The summed E-state index contributed by atoms with van der Waals surface area (Å²) in [4.78, 5) is 6.54. The van der Waals surface area contributed by atoms with Gasteiger partial charge in [-0.05, 0) is 74.4 Å². The molecule has 1 aromatic carbocycles. The topological polar surface area (TPSA) is 53.3 Å². The zero-order chi connectivity index (χ0) is 23.8. The van der Waals surface area contributed by atoms with Crippen molar-refractivity contribution in [2.75, 3.05) is 13.2 Å². The van der Waals surface area contributed by atoms with Crippen LogP contribution in [0.2, 0.25) is 0 Å². The van der Waals surface area contributed by atoms with Gasteiger partial charge in [0.05, 0.1) is 23.3 Å². The number of hydrogen-bond acceptors (Lipinski definition) is 3. The molecule has 0 spiro atoms. The summed E-state index contributed by atoms with van der Waals surface area (Å²) in [7, 11) is 0. The Labute approximate surface area is 195 Å². The Bertz CT molecular complexity index is 1150. The quantitative estimate of drug-likeness (QED) is 0.500. The van der Waals surface area contributed by atoms with Gasteiger partial charge in [-0.1, -0.05) is 12.1 Å². The second-order valence-electron chi connectivity index (χ2n) is 8.11. The molecule has 0 amide bonds. The van der Waals surface area contributed by atoms with E-state index in [1.807, 2.05) is 47.6 Å². The zero-order valence-electron chi connectivity index (χ0n) is 18.3. The van der Waals surface area contributed by atoms with E-state index in [-0.39, 0.29) is 18.7 Å². The van der Waals surface area contributed by atoms with E-state index < -0.39 is 11.7 Å². The standard InChI is InChI=1S/C24H25F3N4OS/c1-15-13-19(16(2)31(15)18-8-5-7-17(14-18)24(25,26)27)22-21(20-9-3-4-10-28-20)29-23(33)30(22)11-6-12-32/h3-5,7-10,13-14,21-22,32H,6,11-12H2,1-2H3,(H,29,33)/t21-,22+/m0/s1. The van der Waals surface area contributed by atoms with Crippen LogP contribution >= 0.6 is 12.2 Å². The van der Waals surface area contributed by atoms with Crippen molar-refractivity contribution >= 4 is 17.3 Å². The maximum Gasteiger partial charge on any atom is 0.416 e. The van der Waals surface area contributed by atoms with E-state index in [2.05, 4.69) is 10.3 Å². The molecule has 0 radical (unpaired) electrons. The Morgan fingerprint density at radius 3 is 2.58 bits per heavy atom. The van der Waals surface area contributed by atoms with Gasteiger partial charge in [0, 0.05) is 36.4 Å². The molecule has 9 heteroatoms. The summed E-state index contributed by atoms with van der Waals surface area (Å²) in [6.45, 7) is 4.36. The number of benzene rings is 1. The van der Waals surface area contributed by atoms with Crippen molar-refractivity contribution in [3.05, 3.63) is 82.9 Å². The van der Waals surface area contributed by atoms with Gasteiger partial charge >= 0.3 is 6.18 Å². The molecule has 33 heavy (non-hydrogen) atoms. The molecule has 2 aromatic heterocycles. The number of rotatable bonds is 6. The first-order valence-corrected chi connectivity index (χ1v) is 11.1. The zero-order valence-corrected chi connectivity index (χ0v) is 19.1. The highest BCUT2D eigenvalue weighted by molar-refractivity contribution is 7.80. The normalized spacial score (nSPS) is 18.6. The summed E-state index contributed by atoms with van der Waals surface area (Å²) in [6.07, 6.45) is -2.15. The van der Waals surface area contributed by atoms with E-state index in [9.17, 15) is 18.3 Å². The van der Waals surface area contributed by atoms with Gasteiger partial charge in [0.25, 0.3) is 0 Å². The van der Waals surface area contributed by atoms with Crippen molar-refractivity contribution in [3.8, 4) is 5.69 Å². The molecule has 4 rings (SSSR count). The second-order valence-corrected chi connectivity index (χ2v) is 8.49. The Balaban J connectivity index is 1.81. The highest BCUT2D eigenvalue weighted by Gasteiger charge is 2.41. The third kappa shape index (κ3) is 4.47. The van der Waals surface area contributed by atoms with Crippen LogP contribution in [0, 0.1) is 13.8 Å². The van der Waals surface area contributed by atoms with Gasteiger partial charge in [-0.15, -0.1) is 0 Å². The highest BCUT2D eigenvalue weighted by Crippen LogP contribution is 2.41. The summed E-state index contributed by atoms with van der Waals surface area (Å²) < 4.78 is 41.8. The smallest absolute Gasteiger partial charge is 0.396 e. The van der Waals surface area contributed by atoms with Crippen LogP contribution in [-0.4, -0.2) is 37.8 Å². The van der Waals surface area contributed by atoms with E-state index in [1.165, 1.54) is 12.1 Å². The van der Waals surface area contributed by atoms with Crippen LogP contribution in [0.1, 0.15) is 46.7 Å². The molecule has 0 saturated carbocycles. The van der Waals surface area contributed by atoms with Gasteiger partial charge < -0.3 is 19.9 Å². The summed E-state index contributed by atoms with van der Waals surface area (Å²) >= 11 is 5.62. The number of aliphatic hydroxyl groups excluding tert-OH is 1. The fourth-order valence-electron chi connectivity index (χ4n) is 4.53. The lowest BCUT2D eigenvalue weighted by Crippen LogP contribution is -2.31. The number of aliphatic hydroxyl groups is 1. The van der Waals surface area contributed by atoms with Crippen LogP contribution in [0.3, 0.4) is 0 Å². The molecule has 1 fully saturated rings. The first kappa shape index (κ1) is 23.3. The van der Waals surface area contributed by atoms with Crippen LogP contribution in [0.5, 0.6) is 0 Å². The van der Waals surface area contributed by atoms with Gasteiger partial charge in [0.2, 0.25) is 0 Å². The number of halogens is 3. The Morgan fingerprint density at radius 2 is 1.91 bits per heavy atom. The van der Waals surface area contributed by atoms with Gasteiger partial charge in [-0.2, -0.15) is 13.2 Å². The van der Waals surface area contributed by atoms with Gasteiger partial charge in [0.1, 0.15) is 0 Å². The third-order valence-electron chi connectivity index (χ3n) is 5.98. The number of aromatic nitrogens is 2. The lowest BCUT2D eigenvalue weighted by Gasteiger charge is -2.28. The number of aryl methyl sites for hydroxylation is 1. The third-order valence-corrected chi connectivity index (χ3v) is 6.33. The number of pyridine rings is 1. The number of nitrogens with zero attached hydrogens (tertiary/aromatic N) is 3. The van der Waals surface area contributed by atoms with Crippen molar-refractivity contribution in [2.45, 2.75) is 38.5 Å². The Kier molecular flexibility index (Phi) is 6.45. The number of thiocarbonyl (C=S) groups is 1. The minimum atomic E-state index is -4.42. The van der Waals surface area contributed by atoms with Crippen LogP contribution in [0.15, 0.2) is 54.7 Å². The monoisotopic (exact) mass is 474 g/mol. The molecule has 3 aromatic rings. The van der Waals surface area contributed by atoms with Crippen molar-refractivity contribution < 1.29 is 18.3 Å². The average molecular weight is 475 g/mol. The first-order valence-electron chi connectivity index (χ1n) is 10.7. The molecule has 1 aliphatic rings. The van der Waals surface area contributed by atoms with Gasteiger partial charge in [0.15, 0.2) is 5.11 Å².